The molecule has 3 rings (SSSR count). The van der Waals surface area contributed by atoms with Crippen molar-refractivity contribution in [3.8, 4) is 0 Å². The number of thioether (sulfide) groups is 1. The van der Waals surface area contributed by atoms with Crippen LogP contribution in [0, 0.1) is 5.92 Å². The molecule has 0 amide bonds. The number of nitrogens with zero attached hydrogens (tertiary/aromatic N) is 2. The Morgan fingerprint density at radius 2 is 2.26 bits per heavy atom. The molecule has 0 saturated carbocycles. The Hall–Kier alpha value is -1.00. The molecule has 1 aromatic rings. The van der Waals surface area contributed by atoms with Crippen LogP contribution in [0.25, 0.3) is 0 Å². The molecule has 0 spiro atoms. The third-order valence-electron chi connectivity index (χ3n) is 4.19. The number of likely N-dealkylation sites (tertiary alicyclic amines) is 1. The van der Waals surface area contributed by atoms with E-state index in [1.54, 1.807) is 0 Å². The zero-order valence-corrected chi connectivity index (χ0v) is 12.1. The number of piperidine rings is 1. The molecule has 0 aliphatic carbocycles. The van der Waals surface area contributed by atoms with Crippen LogP contribution in [-0.4, -0.2) is 41.2 Å². The van der Waals surface area contributed by atoms with Gasteiger partial charge in [0, 0.05) is 48.5 Å². The first-order chi connectivity index (χ1) is 9.28. The average molecular weight is 276 g/mol. The third-order valence-corrected chi connectivity index (χ3v) is 5.44. The van der Waals surface area contributed by atoms with E-state index in [-0.39, 0.29) is 0 Å². The summed E-state index contributed by atoms with van der Waals surface area (Å²) in [6.45, 7) is 5.32. The highest BCUT2D eigenvalue weighted by atomic mass is 32.2. The van der Waals surface area contributed by atoms with Gasteiger partial charge in [-0.15, -0.1) is 11.8 Å². The highest BCUT2D eigenvalue weighted by molar-refractivity contribution is 7.99. The Labute approximate surface area is 118 Å². The van der Waals surface area contributed by atoms with Gasteiger partial charge in [0.25, 0.3) is 0 Å². The van der Waals surface area contributed by atoms with Crippen LogP contribution >= 0.6 is 11.8 Å². The van der Waals surface area contributed by atoms with Crippen molar-refractivity contribution in [1.29, 1.82) is 0 Å². The molecule has 4 heteroatoms. The standard InChI is InChI=1S/C15H20N2OS/c1-11-8-17(7-6-14(11)16-18)9-12-10-19-15-5-3-2-4-13(12)15/h2-5,11-12,18H,6-10H2,1H3/b16-14+. The van der Waals surface area contributed by atoms with Crippen LogP contribution in [0.2, 0.25) is 0 Å². The van der Waals surface area contributed by atoms with Crippen molar-refractivity contribution in [2.24, 2.45) is 11.1 Å². The van der Waals surface area contributed by atoms with Gasteiger partial charge in [-0.3, -0.25) is 0 Å². The Bertz CT molecular complexity index is 489. The minimum absolute atomic E-state index is 0.378. The van der Waals surface area contributed by atoms with Crippen LogP contribution in [0.1, 0.15) is 24.8 Å². The fraction of sp³-hybridized carbons (Fsp3) is 0.533. The lowest BCUT2D eigenvalue weighted by molar-refractivity contribution is 0.227. The van der Waals surface area contributed by atoms with Gasteiger partial charge < -0.3 is 10.1 Å². The predicted octanol–water partition coefficient (Wildman–Crippen LogP) is 3.05. The van der Waals surface area contributed by atoms with Crippen molar-refractivity contribution < 1.29 is 5.21 Å². The van der Waals surface area contributed by atoms with Gasteiger partial charge in [-0.1, -0.05) is 30.3 Å². The molecule has 1 fully saturated rings. The Morgan fingerprint density at radius 3 is 3.05 bits per heavy atom. The first kappa shape index (κ1) is 13.0. The molecule has 0 aromatic heterocycles. The van der Waals surface area contributed by atoms with Crippen LogP contribution in [0.4, 0.5) is 0 Å². The lowest BCUT2D eigenvalue weighted by Crippen LogP contribution is -2.41. The molecule has 19 heavy (non-hydrogen) atoms. The van der Waals surface area contributed by atoms with Gasteiger partial charge in [-0.2, -0.15) is 0 Å². The molecule has 0 bridgehead atoms. The molecule has 102 valence electrons. The van der Waals surface area contributed by atoms with E-state index >= 15 is 0 Å². The normalized spacial score (nSPS) is 29.6. The minimum Gasteiger partial charge on any atom is -0.411 e. The second kappa shape index (κ2) is 5.55. The predicted molar refractivity (Wildman–Crippen MR) is 79.3 cm³/mol. The summed E-state index contributed by atoms with van der Waals surface area (Å²) in [6.07, 6.45) is 0.902. The van der Waals surface area contributed by atoms with Crippen LogP contribution in [0.3, 0.4) is 0 Å². The SMILES string of the molecule is CC1CN(CC2CSc3ccccc32)CC/C1=N\O. The second-order valence-electron chi connectivity index (χ2n) is 5.55. The van der Waals surface area contributed by atoms with Crippen LogP contribution in [0.15, 0.2) is 34.3 Å². The molecular formula is C15H20N2OS. The number of benzene rings is 1. The van der Waals surface area contributed by atoms with E-state index in [1.807, 2.05) is 11.8 Å². The highest BCUT2D eigenvalue weighted by Gasteiger charge is 2.28. The Morgan fingerprint density at radius 1 is 1.42 bits per heavy atom. The van der Waals surface area contributed by atoms with Crippen molar-refractivity contribution in [2.45, 2.75) is 24.2 Å². The van der Waals surface area contributed by atoms with Gasteiger partial charge in [0.2, 0.25) is 0 Å². The summed E-state index contributed by atoms with van der Waals surface area (Å²) in [5.74, 6) is 2.23. The maximum absolute atomic E-state index is 8.93. The average Bonchev–Trinajstić information content (AvgIpc) is 2.83. The summed E-state index contributed by atoms with van der Waals surface area (Å²) in [4.78, 5) is 3.97. The van der Waals surface area contributed by atoms with E-state index in [0.717, 1.165) is 31.8 Å². The smallest absolute Gasteiger partial charge is 0.0624 e. The maximum atomic E-state index is 8.93. The third kappa shape index (κ3) is 2.65. The van der Waals surface area contributed by atoms with E-state index in [4.69, 9.17) is 5.21 Å². The van der Waals surface area contributed by atoms with E-state index in [2.05, 4.69) is 41.2 Å². The van der Waals surface area contributed by atoms with Gasteiger partial charge in [0.05, 0.1) is 5.71 Å². The van der Waals surface area contributed by atoms with Gasteiger partial charge >= 0.3 is 0 Å². The molecule has 2 heterocycles. The summed E-state index contributed by atoms with van der Waals surface area (Å²) in [7, 11) is 0. The Kier molecular flexibility index (Phi) is 3.80. The van der Waals surface area contributed by atoms with E-state index in [0.29, 0.717) is 11.8 Å². The molecular weight excluding hydrogens is 256 g/mol. The Balaban J connectivity index is 1.65. The van der Waals surface area contributed by atoms with E-state index in [1.165, 1.54) is 16.2 Å². The molecule has 1 aromatic carbocycles. The lowest BCUT2D eigenvalue weighted by atomic mass is 9.95. The van der Waals surface area contributed by atoms with Gasteiger partial charge in [-0.25, -0.2) is 0 Å². The van der Waals surface area contributed by atoms with Gasteiger partial charge in [0.1, 0.15) is 0 Å². The zero-order valence-electron chi connectivity index (χ0n) is 11.2. The number of oxime groups is 1. The fourth-order valence-corrected chi connectivity index (χ4v) is 4.35. The van der Waals surface area contributed by atoms with Crippen LogP contribution < -0.4 is 0 Å². The van der Waals surface area contributed by atoms with Crippen molar-refractivity contribution in [3.63, 3.8) is 0 Å². The molecule has 1 N–H and O–H groups in total. The van der Waals surface area contributed by atoms with Crippen LogP contribution in [-0.2, 0) is 0 Å². The van der Waals surface area contributed by atoms with Gasteiger partial charge in [0.15, 0.2) is 0 Å². The van der Waals surface area contributed by atoms with Gasteiger partial charge in [-0.05, 0) is 11.6 Å². The summed E-state index contributed by atoms with van der Waals surface area (Å²) in [6, 6.07) is 8.78. The monoisotopic (exact) mass is 276 g/mol. The van der Waals surface area contributed by atoms with Crippen molar-refractivity contribution in [3.05, 3.63) is 29.8 Å². The first-order valence-electron chi connectivity index (χ1n) is 6.93. The van der Waals surface area contributed by atoms with Crippen molar-refractivity contribution in [2.75, 3.05) is 25.4 Å². The topological polar surface area (TPSA) is 35.8 Å². The summed E-state index contributed by atoms with van der Waals surface area (Å²) in [5, 5.41) is 12.3. The summed E-state index contributed by atoms with van der Waals surface area (Å²) >= 11 is 1.98. The lowest BCUT2D eigenvalue weighted by Gasteiger charge is -2.33. The molecule has 2 aliphatic rings. The van der Waals surface area contributed by atoms with Crippen LogP contribution in [0.5, 0.6) is 0 Å². The van der Waals surface area contributed by atoms with Crippen molar-refractivity contribution in [1.82, 2.24) is 4.90 Å². The van der Waals surface area contributed by atoms with Crippen molar-refractivity contribution >= 4 is 17.5 Å². The summed E-state index contributed by atoms with van der Waals surface area (Å²) in [5.41, 5.74) is 2.47. The number of fused-ring (bicyclic) bond motifs is 1. The maximum Gasteiger partial charge on any atom is 0.0624 e. The second-order valence-corrected chi connectivity index (χ2v) is 6.61. The molecule has 0 radical (unpaired) electrons. The summed E-state index contributed by atoms with van der Waals surface area (Å²) < 4.78 is 0. The largest absolute Gasteiger partial charge is 0.411 e. The number of hydrogen-bond donors (Lipinski definition) is 1. The first-order valence-corrected chi connectivity index (χ1v) is 7.91. The molecule has 2 unspecified atom stereocenters. The molecule has 1 saturated heterocycles. The number of rotatable bonds is 2. The fourth-order valence-electron chi connectivity index (χ4n) is 3.11. The highest BCUT2D eigenvalue weighted by Crippen LogP contribution is 2.39. The minimum atomic E-state index is 0.378. The zero-order chi connectivity index (χ0) is 13.2. The molecule has 2 atom stereocenters. The molecule has 2 aliphatic heterocycles. The van der Waals surface area contributed by atoms with E-state index < -0.39 is 0 Å². The quantitative estimate of drug-likeness (QED) is 0.666. The molecule has 3 nitrogen and oxygen atoms in total. The van der Waals surface area contributed by atoms with E-state index in [9.17, 15) is 0 Å². The number of hydrogen-bond acceptors (Lipinski definition) is 4.